The number of ether oxygens (including phenoxy) is 6. The van der Waals surface area contributed by atoms with E-state index in [1.807, 2.05) is 0 Å². The minimum absolute atomic E-state index is 0.123. The van der Waals surface area contributed by atoms with Crippen LogP contribution >= 0.6 is 0 Å². The molecule has 0 amide bonds. The summed E-state index contributed by atoms with van der Waals surface area (Å²) in [4.78, 5) is 0. The number of methoxy groups -OCH3 is 4. The average molecular weight is 583 g/mol. The second kappa shape index (κ2) is 12.9. The van der Waals surface area contributed by atoms with Gasteiger partial charge < -0.3 is 64.2 Å². The molecular formula is C28H38O13. The Labute approximate surface area is 237 Å². The van der Waals surface area contributed by atoms with E-state index < -0.39 is 55.1 Å². The Bertz CT molecular complexity index is 1180. The molecule has 13 heteroatoms. The Morgan fingerprint density at radius 1 is 0.780 bits per heavy atom. The SMILES string of the molecule is COc1cc([C@@H]2c3c(cc(OC)c(O)c3OC)C[C@H](CO)[C@@H]2CO[C@@H]2O[C@@H](CO)[C@@H](O)[C@@H](O)[C@H]2O)cc(OC)c1O. The fourth-order valence-corrected chi connectivity index (χ4v) is 5.83. The second-order valence-corrected chi connectivity index (χ2v) is 10.1. The van der Waals surface area contributed by atoms with Gasteiger partial charge in [-0.15, -0.1) is 0 Å². The zero-order valence-corrected chi connectivity index (χ0v) is 23.3. The summed E-state index contributed by atoms with van der Waals surface area (Å²) in [6, 6.07) is 4.88. The molecule has 1 saturated heterocycles. The largest absolute Gasteiger partial charge is 0.502 e. The lowest BCUT2D eigenvalue weighted by Gasteiger charge is -2.43. The molecule has 0 unspecified atom stereocenters. The van der Waals surface area contributed by atoms with Crippen LogP contribution in [0.5, 0.6) is 34.5 Å². The topological polar surface area (TPSA) is 197 Å². The first-order valence-corrected chi connectivity index (χ1v) is 13.1. The van der Waals surface area contributed by atoms with Crippen LogP contribution in [0.2, 0.25) is 0 Å². The molecule has 13 nitrogen and oxygen atoms in total. The van der Waals surface area contributed by atoms with Gasteiger partial charge in [-0.2, -0.15) is 0 Å². The molecule has 0 spiro atoms. The summed E-state index contributed by atoms with van der Waals surface area (Å²) in [5.74, 6) is -1.51. The van der Waals surface area contributed by atoms with E-state index in [9.17, 15) is 35.7 Å². The van der Waals surface area contributed by atoms with E-state index in [0.29, 0.717) is 17.5 Å². The highest BCUT2D eigenvalue weighted by Gasteiger charge is 2.46. The molecule has 0 radical (unpaired) electrons. The molecule has 8 atom stereocenters. The van der Waals surface area contributed by atoms with Gasteiger partial charge in [0.25, 0.3) is 0 Å². The molecule has 4 rings (SSSR count). The molecule has 2 aromatic rings. The van der Waals surface area contributed by atoms with E-state index in [-0.39, 0.29) is 47.7 Å². The average Bonchev–Trinajstić information content (AvgIpc) is 2.98. The smallest absolute Gasteiger partial charge is 0.201 e. The number of aliphatic hydroxyl groups is 5. The Morgan fingerprint density at radius 3 is 1.93 bits per heavy atom. The maximum atomic E-state index is 11.0. The van der Waals surface area contributed by atoms with Crippen LogP contribution in [0.3, 0.4) is 0 Å². The molecule has 1 aliphatic heterocycles. The predicted octanol–water partition coefficient (Wildman–Crippen LogP) is -0.139. The maximum Gasteiger partial charge on any atom is 0.201 e. The van der Waals surface area contributed by atoms with Gasteiger partial charge in [-0.05, 0) is 47.6 Å². The third-order valence-corrected chi connectivity index (χ3v) is 7.99. The second-order valence-electron chi connectivity index (χ2n) is 10.1. The first-order chi connectivity index (χ1) is 19.6. The van der Waals surface area contributed by atoms with Gasteiger partial charge in [0.2, 0.25) is 11.5 Å². The Kier molecular flexibility index (Phi) is 9.70. The zero-order valence-electron chi connectivity index (χ0n) is 23.3. The zero-order chi connectivity index (χ0) is 30.0. The Balaban J connectivity index is 1.85. The molecule has 228 valence electrons. The number of aromatic hydroxyl groups is 2. The quantitative estimate of drug-likeness (QED) is 0.196. The van der Waals surface area contributed by atoms with E-state index in [2.05, 4.69) is 0 Å². The summed E-state index contributed by atoms with van der Waals surface area (Å²) < 4.78 is 33.3. The van der Waals surface area contributed by atoms with Crippen molar-refractivity contribution in [3.05, 3.63) is 34.9 Å². The Morgan fingerprint density at radius 2 is 1.39 bits per heavy atom. The van der Waals surface area contributed by atoms with Gasteiger partial charge in [-0.25, -0.2) is 0 Å². The van der Waals surface area contributed by atoms with Crippen molar-refractivity contribution in [2.45, 2.75) is 43.0 Å². The fraction of sp³-hybridized carbons (Fsp3) is 0.571. The monoisotopic (exact) mass is 582 g/mol. The lowest BCUT2D eigenvalue weighted by atomic mass is 9.66. The van der Waals surface area contributed by atoms with Crippen molar-refractivity contribution in [1.29, 1.82) is 0 Å². The van der Waals surface area contributed by atoms with E-state index in [4.69, 9.17) is 28.4 Å². The third-order valence-electron chi connectivity index (χ3n) is 7.99. The van der Waals surface area contributed by atoms with Gasteiger partial charge in [-0.1, -0.05) is 0 Å². The number of aliphatic hydroxyl groups excluding tert-OH is 5. The summed E-state index contributed by atoms with van der Waals surface area (Å²) in [5.41, 5.74) is 1.88. The fourth-order valence-electron chi connectivity index (χ4n) is 5.83. The molecule has 0 bridgehead atoms. The van der Waals surface area contributed by atoms with E-state index in [0.717, 1.165) is 5.56 Å². The highest BCUT2D eigenvalue weighted by molar-refractivity contribution is 5.64. The molecule has 7 N–H and O–H groups in total. The molecular weight excluding hydrogens is 544 g/mol. The van der Waals surface area contributed by atoms with Crippen molar-refractivity contribution >= 4 is 0 Å². The number of phenols is 2. The van der Waals surface area contributed by atoms with Crippen molar-refractivity contribution in [3.63, 3.8) is 0 Å². The van der Waals surface area contributed by atoms with Crippen LogP contribution in [0.4, 0.5) is 0 Å². The van der Waals surface area contributed by atoms with E-state index >= 15 is 0 Å². The number of hydrogen-bond acceptors (Lipinski definition) is 13. The number of benzene rings is 2. The highest BCUT2D eigenvalue weighted by atomic mass is 16.7. The van der Waals surface area contributed by atoms with Crippen molar-refractivity contribution in [3.8, 4) is 34.5 Å². The van der Waals surface area contributed by atoms with Crippen LogP contribution in [0.15, 0.2) is 18.2 Å². The molecule has 41 heavy (non-hydrogen) atoms. The number of phenolic OH excluding ortho intramolecular Hbond substituents is 2. The Hall–Kier alpha value is -3.04. The van der Waals surface area contributed by atoms with Gasteiger partial charge in [-0.3, -0.25) is 0 Å². The van der Waals surface area contributed by atoms with Gasteiger partial charge >= 0.3 is 0 Å². The summed E-state index contributed by atoms with van der Waals surface area (Å²) in [5, 5.41) is 72.6. The van der Waals surface area contributed by atoms with Crippen LogP contribution in [0.25, 0.3) is 0 Å². The predicted molar refractivity (Wildman–Crippen MR) is 142 cm³/mol. The van der Waals surface area contributed by atoms with Crippen molar-refractivity contribution in [2.24, 2.45) is 11.8 Å². The minimum Gasteiger partial charge on any atom is -0.502 e. The number of hydrogen-bond donors (Lipinski definition) is 7. The van der Waals surface area contributed by atoms with E-state index in [1.165, 1.54) is 28.4 Å². The number of rotatable bonds is 10. The highest BCUT2D eigenvalue weighted by Crippen LogP contribution is 2.54. The lowest BCUT2D eigenvalue weighted by Crippen LogP contribution is -2.59. The van der Waals surface area contributed by atoms with Gasteiger partial charge in [0, 0.05) is 18.1 Å². The van der Waals surface area contributed by atoms with Crippen molar-refractivity contribution in [1.82, 2.24) is 0 Å². The summed E-state index contributed by atoms with van der Waals surface area (Å²) >= 11 is 0. The molecule has 2 aliphatic rings. The van der Waals surface area contributed by atoms with Crippen molar-refractivity contribution in [2.75, 3.05) is 48.3 Å². The van der Waals surface area contributed by atoms with E-state index in [1.54, 1.807) is 18.2 Å². The van der Waals surface area contributed by atoms with Gasteiger partial charge in [0.1, 0.15) is 24.4 Å². The third kappa shape index (κ3) is 5.58. The first kappa shape index (κ1) is 30.9. The van der Waals surface area contributed by atoms with Crippen LogP contribution in [0.1, 0.15) is 22.6 Å². The molecule has 2 aromatic carbocycles. The van der Waals surface area contributed by atoms with Gasteiger partial charge in [0.15, 0.2) is 29.3 Å². The normalized spacial score (nSPS) is 29.5. The van der Waals surface area contributed by atoms with Crippen LogP contribution in [-0.4, -0.2) is 115 Å². The lowest BCUT2D eigenvalue weighted by molar-refractivity contribution is -0.304. The maximum absolute atomic E-state index is 11.0. The molecule has 1 fully saturated rings. The summed E-state index contributed by atoms with van der Waals surface area (Å²) in [7, 11) is 5.60. The van der Waals surface area contributed by atoms with Crippen LogP contribution in [-0.2, 0) is 15.9 Å². The van der Waals surface area contributed by atoms with Crippen LogP contribution in [0, 0.1) is 11.8 Å². The molecule has 1 aliphatic carbocycles. The molecule has 0 aromatic heterocycles. The summed E-state index contributed by atoms with van der Waals surface area (Å²) in [6.45, 7) is -1.02. The molecule has 0 saturated carbocycles. The van der Waals surface area contributed by atoms with Crippen LogP contribution < -0.4 is 18.9 Å². The minimum atomic E-state index is -1.63. The number of fused-ring (bicyclic) bond motifs is 1. The molecule has 1 heterocycles. The summed E-state index contributed by atoms with van der Waals surface area (Å²) in [6.07, 6.45) is -7.02. The standard InChI is InChI=1S/C28H38O13/c1-36-16-7-13(8-17(37-2)22(16)31)20-15(11-40-28-26(35)25(34)23(32)19(10-30)41-28)14(9-29)5-12-6-18(38-3)24(33)27(39-4)21(12)20/h6-8,14-15,19-20,23,25-26,28-35H,5,9-11H2,1-4H3/t14-,15+,19+,20+,23-,25-,26-,28-/m1/s1. The van der Waals surface area contributed by atoms with Gasteiger partial charge in [0.05, 0.1) is 41.7 Å². The first-order valence-electron chi connectivity index (χ1n) is 13.1. The van der Waals surface area contributed by atoms with Crippen molar-refractivity contribution < 1.29 is 64.2 Å².